The topological polar surface area (TPSA) is 29.1 Å². The van der Waals surface area contributed by atoms with Gasteiger partial charge in [-0.1, -0.05) is 15.9 Å². The lowest BCUT2D eigenvalue weighted by Gasteiger charge is -2.25. The van der Waals surface area contributed by atoms with Crippen LogP contribution in [0.2, 0.25) is 0 Å². The van der Waals surface area contributed by atoms with E-state index in [0.717, 1.165) is 38.8 Å². The lowest BCUT2D eigenvalue weighted by Crippen LogP contribution is -2.37. The Morgan fingerprint density at radius 2 is 1.94 bits per heavy atom. The third-order valence-corrected chi connectivity index (χ3v) is 6.15. The lowest BCUT2D eigenvalue weighted by molar-refractivity contribution is 0.0928. The first kappa shape index (κ1) is 14.0. The van der Waals surface area contributed by atoms with Gasteiger partial charge in [-0.25, -0.2) is 0 Å². The molecule has 6 heteroatoms. The minimum Gasteiger partial charge on any atom is -0.349 e. The molecule has 1 aliphatic carbocycles. The van der Waals surface area contributed by atoms with Gasteiger partial charge < -0.3 is 5.32 Å². The number of thiophene rings is 1. The standard InChI is InChI=1S/C11H12Br3NOS/c12-6-1-3-7(4-2-6)15-11(16)8-5-9(13)17-10(8)14/h5-7H,1-4H2,(H,15,16). The maximum Gasteiger partial charge on any atom is 0.253 e. The largest absolute Gasteiger partial charge is 0.349 e. The Morgan fingerprint density at radius 3 is 2.47 bits per heavy atom. The molecule has 94 valence electrons. The van der Waals surface area contributed by atoms with Crippen molar-refractivity contribution >= 4 is 65.0 Å². The Bertz CT molecular complexity index is 413. The summed E-state index contributed by atoms with van der Waals surface area (Å²) in [5, 5.41) is 3.11. The summed E-state index contributed by atoms with van der Waals surface area (Å²) in [7, 11) is 0. The number of alkyl halides is 1. The molecular formula is C11H12Br3NOS. The van der Waals surface area contributed by atoms with Crippen LogP contribution in [0.25, 0.3) is 0 Å². The van der Waals surface area contributed by atoms with Gasteiger partial charge in [0.25, 0.3) is 5.91 Å². The van der Waals surface area contributed by atoms with E-state index in [-0.39, 0.29) is 5.91 Å². The Kier molecular flexibility index (Phi) is 5.09. The Balaban J connectivity index is 1.95. The van der Waals surface area contributed by atoms with Gasteiger partial charge in [-0.2, -0.15) is 0 Å². The van der Waals surface area contributed by atoms with Crippen LogP contribution >= 0.6 is 59.1 Å². The zero-order chi connectivity index (χ0) is 12.4. The van der Waals surface area contributed by atoms with Gasteiger partial charge in [-0.05, 0) is 63.6 Å². The molecule has 0 saturated heterocycles. The summed E-state index contributed by atoms with van der Waals surface area (Å²) in [6.07, 6.45) is 4.40. The van der Waals surface area contributed by atoms with E-state index < -0.39 is 0 Å². The molecule has 1 aromatic heterocycles. The summed E-state index contributed by atoms with van der Waals surface area (Å²) in [5.41, 5.74) is 0.725. The second-order valence-corrected chi connectivity index (χ2v) is 9.20. The summed E-state index contributed by atoms with van der Waals surface area (Å²) in [5.74, 6) is 0.0249. The highest BCUT2D eigenvalue weighted by Crippen LogP contribution is 2.32. The van der Waals surface area contributed by atoms with E-state index >= 15 is 0 Å². The van der Waals surface area contributed by atoms with Crippen molar-refractivity contribution in [3.63, 3.8) is 0 Å². The first-order valence-corrected chi connectivity index (χ1v) is 8.78. The minimum absolute atomic E-state index is 0.0249. The average Bonchev–Trinajstić information content (AvgIpc) is 2.61. The van der Waals surface area contributed by atoms with Crippen LogP contribution in [0.1, 0.15) is 36.0 Å². The summed E-state index contributed by atoms with van der Waals surface area (Å²) in [6, 6.07) is 2.18. The fraction of sp³-hybridized carbons (Fsp3) is 0.545. The van der Waals surface area contributed by atoms with Gasteiger partial charge in [0.1, 0.15) is 0 Å². The second-order valence-electron chi connectivity index (χ2n) is 4.16. The van der Waals surface area contributed by atoms with Crippen molar-refractivity contribution in [1.29, 1.82) is 0 Å². The van der Waals surface area contributed by atoms with Gasteiger partial charge in [-0.15, -0.1) is 11.3 Å². The number of rotatable bonds is 2. The molecule has 1 heterocycles. The predicted octanol–water partition coefficient (Wildman–Crippen LogP) is 4.71. The van der Waals surface area contributed by atoms with Crippen LogP contribution in [0.4, 0.5) is 0 Å². The first-order chi connectivity index (χ1) is 8.06. The summed E-state index contributed by atoms with van der Waals surface area (Å²) in [4.78, 5) is 12.7. The maximum atomic E-state index is 12.1. The second kappa shape index (κ2) is 6.17. The molecule has 17 heavy (non-hydrogen) atoms. The molecule has 0 radical (unpaired) electrons. The molecule has 0 aliphatic heterocycles. The van der Waals surface area contributed by atoms with Crippen molar-refractivity contribution in [2.75, 3.05) is 0 Å². The highest BCUT2D eigenvalue weighted by atomic mass is 79.9. The van der Waals surface area contributed by atoms with E-state index in [2.05, 4.69) is 53.1 Å². The van der Waals surface area contributed by atoms with Gasteiger partial charge in [0.2, 0.25) is 0 Å². The molecule has 2 rings (SSSR count). The molecule has 0 bridgehead atoms. The van der Waals surface area contributed by atoms with Crippen LogP contribution < -0.4 is 5.32 Å². The molecule has 0 atom stereocenters. The van der Waals surface area contributed by atoms with Crippen LogP contribution in [-0.4, -0.2) is 16.8 Å². The van der Waals surface area contributed by atoms with Crippen LogP contribution in [0.5, 0.6) is 0 Å². The number of carbonyl (C=O) groups is 1. The van der Waals surface area contributed by atoms with Gasteiger partial charge in [0.15, 0.2) is 0 Å². The Morgan fingerprint density at radius 1 is 1.29 bits per heavy atom. The van der Waals surface area contributed by atoms with Crippen molar-refractivity contribution in [1.82, 2.24) is 5.32 Å². The maximum absolute atomic E-state index is 12.1. The van der Waals surface area contributed by atoms with Crippen LogP contribution in [0.15, 0.2) is 13.6 Å². The molecule has 0 aromatic carbocycles. The monoisotopic (exact) mass is 443 g/mol. The SMILES string of the molecule is O=C(NC1CCC(Br)CC1)c1cc(Br)sc1Br. The average molecular weight is 446 g/mol. The van der Waals surface area contributed by atoms with E-state index in [1.807, 2.05) is 6.07 Å². The van der Waals surface area contributed by atoms with Gasteiger partial charge >= 0.3 is 0 Å². The smallest absolute Gasteiger partial charge is 0.253 e. The van der Waals surface area contributed by atoms with Crippen LogP contribution in [0, 0.1) is 0 Å². The van der Waals surface area contributed by atoms with E-state index in [4.69, 9.17) is 0 Å². The van der Waals surface area contributed by atoms with Crippen molar-refractivity contribution in [3.05, 3.63) is 19.2 Å². The van der Waals surface area contributed by atoms with E-state index in [0.29, 0.717) is 10.9 Å². The molecule has 1 aliphatic rings. The highest BCUT2D eigenvalue weighted by Gasteiger charge is 2.22. The first-order valence-electron chi connectivity index (χ1n) is 5.46. The molecule has 1 fully saturated rings. The zero-order valence-corrected chi connectivity index (χ0v) is 14.6. The summed E-state index contributed by atoms with van der Waals surface area (Å²) in [6.45, 7) is 0. The molecule has 1 amide bonds. The summed E-state index contributed by atoms with van der Waals surface area (Å²) < 4.78 is 1.86. The number of amides is 1. The van der Waals surface area contributed by atoms with Crippen LogP contribution in [0.3, 0.4) is 0 Å². The third-order valence-electron chi connectivity index (χ3n) is 2.89. The molecule has 0 spiro atoms. The van der Waals surface area contributed by atoms with Crippen LogP contribution in [-0.2, 0) is 0 Å². The molecule has 0 unspecified atom stereocenters. The normalized spacial score (nSPS) is 24.6. The fourth-order valence-electron chi connectivity index (χ4n) is 1.96. The van der Waals surface area contributed by atoms with Gasteiger partial charge in [-0.3, -0.25) is 4.79 Å². The number of carbonyl (C=O) groups excluding carboxylic acids is 1. The van der Waals surface area contributed by atoms with Gasteiger partial charge in [0.05, 0.1) is 13.1 Å². The Labute approximate surface area is 130 Å². The molecule has 1 aromatic rings. The lowest BCUT2D eigenvalue weighted by atomic mass is 9.95. The zero-order valence-electron chi connectivity index (χ0n) is 9.01. The highest BCUT2D eigenvalue weighted by molar-refractivity contribution is 9.12. The number of hydrogen-bond donors (Lipinski definition) is 1. The van der Waals surface area contributed by atoms with E-state index in [1.165, 1.54) is 11.3 Å². The summed E-state index contributed by atoms with van der Waals surface area (Å²) >= 11 is 11.9. The van der Waals surface area contributed by atoms with Crippen molar-refractivity contribution in [2.45, 2.75) is 36.6 Å². The third kappa shape index (κ3) is 3.78. The van der Waals surface area contributed by atoms with E-state index in [1.54, 1.807) is 0 Å². The molecule has 1 saturated carbocycles. The molecular weight excluding hydrogens is 434 g/mol. The van der Waals surface area contributed by atoms with Gasteiger partial charge in [0, 0.05) is 10.9 Å². The van der Waals surface area contributed by atoms with Crippen molar-refractivity contribution < 1.29 is 4.79 Å². The number of halogens is 3. The number of hydrogen-bond acceptors (Lipinski definition) is 2. The molecule has 1 N–H and O–H groups in total. The Hall–Kier alpha value is 0.610. The molecule has 2 nitrogen and oxygen atoms in total. The quantitative estimate of drug-likeness (QED) is 0.656. The fourth-order valence-corrected chi connectivity index (χ4v) is 5.28. The predicted molar refractivity (Wildman–Crippen MR) is 82.2 cm³/mol. The van der Waals surface area contributed by atoms with Crippen molar-refractivity contribution in [3.8, 4) is 0 Å². The minimum atomic E-state index is 0.0249. The number of nitrogens with one attached hydrogen (secondary N) is 1. The van der Waals surface area contributed by atoms with Crippen molar-refractivity contribution in [2.24, 2.45) is 0 Å². The van der Waals surface area contributed by atoms with E-state index in [9.17, 15) is 4.79 Å².